The van der Waals surface area contributed by atoms with Crippen molar-refractivity contribution in [1.29, 1.82) is 0 Å². The highest BCUT2D eigenvalue weighted by Crippen LogP contribution is 2.28. The molecule has 1 fully saturated rings. The van der Waals surface area contributed by atoms with Crippen LogP contribution in [0.3, 0.4) is 0 Å². The Kier molecular flexibility index (Phi) is 8.27. The number of aromatic nitrogens is 5. The molecule has 1 aliphatic heterocycles. The Balaban J connectivity index is 1.40. The van der Waals surface area contributed by atoms with Crippen molar-refractivity contribution >= 4 is 38.7 Å². The number of nitrogens with one attached hydrogen (secondary N) is 1. The van der Waals surface area contributed by atoms with Crippen LogP contribution in [0.4, 0.5) is 24.8 Å². The summed E-state index contributed by atoms with van der Waals surface area (Å²) >= 11 is 0. The van der Waals surface area contributed by atoms with E-state index in [1.807, 2.05) is 19.0 Å². The quantitative estimate of drug-likeness (QED) is 0.310. The van der Waals surface area contributed by atoms with Gasteiger partial charge in [0.15, 0.2) is 5.65 Å². The highest BCUT2D eigenvalue weighted by atomic mass is 32.2. The second kappa shape index (κ2) is 11.9. The van der Waals surface area contributed by atoms with Crippen LogP contribution in [0.2, 0.25) is 0 Å². The molecule has 1 aromatic carbocycles. The number of amides is 1. The van der Waals surface area contributed by atoms with Crippen molar-refractivity contribution < 1.29 is 31.1 Å². The van der Waals surface area contributed by atoms with Gasteiger partial charge in [-0.25, -0.2) is 33.3 Å². The first-order valence-electron chi connectivity index (χ1n) is 12.9. The zero-order valence-electron chi connectivity index (χ0n) is 22.9. The van der Waals surface area contributed by atoms with Crippen LogP contribution in [0, 0.1) is 0 Å². The van der Waals surface area contributed by atoms with Crippen LogP contribution in [0.15, 0.2) is 66.2 Å². The molecule has 3 aromatic heterocycles. The fourth-order valence-corrected chi connectivity index (χ4v) is 6.00. The molecule has 17 heteroatoms. The van der Waals surface area contributed by atoms with E-state index in [2.05, 4.69) is 35.0 Å². The average Bonchev–Trinajstić information content (AvgIpc) is 2.99. The average molecular weight is 618 g/mol. The first kappa shape index (κ1) is 29.8. The van der Waals surface area contributed by atoms with Crippen LogP contribution in [-0.2, 0) is 21.4 Å². The number of halogens is 3. The minimum atomic E-state index is -4.93. The number of hydrogen-bond acceptors (Lipinski definition) is 11. The lowest BCUT2D eigenvalue weighted by atomic mass is 10.2. The fourth-order valence-electron chi connectivity index (χ4n) is 4.43. The molecule has 1 N–H and O–H groups in total. The molecule has 0 aliphatic carbocycles. The monoisotopic (exact) mass is 617 g/mol. The number of carbonyl (C=O) groups excluding carboxylic acids is 1. The number of alkyl halides is 3. The lowest BCUT2D eigenvalue weighted by Gasteiger charge is -2.40. The third-order valence-corrected chi connectivity index (χ3v) is 8.49. The predicted octanol–water partition coefficient (Wildman–Crippen LogP) is 1.98. The van der Waals surface area contributed by atoms with Crippen LogP contribution < -0.4 is 19.9 Å². The van der Waals surface area contributed by atoms with Crippen LogP contribution in [-0.4, -0.2) is 89.7 Å². The van der Waals surface area contributed by atoms with Crippen molar-refractivity contribution in [1.82, 2.24) is 34.5 Å². The number of benzene rings is 1. The van der Waals surface area contributed by atoms with Gasteiger partial charge in [-0.3, -0.25) is 4.79 Å². The Morgan fingerprint density at radius 1 is 1.05 bits per heavy atom. The Labute approximate surface area is 244 Å². The summed E-state index contributed by atoms with van der Waals surface area (Å²) in [6, 6.07) is 6.18. The number of nitrogens with zero attached hydrogens (tertiary/aromatic N) is 8. The van der Waals surface area contributed by atoms with E-state index in [1.54, 1.807) is 23.2 Å². The maximum absolute atomic E-state index is 13.7. The molecular formula is C26H26F3N9O4S. The molecule has 226 valence electrons. The normalized spacial score (nSPS) is 16.2. The molecule has 4 aromatic rings. The number of hydrogen-bond donors (Lipinski definition) is 1. The molecule has 0 bridgehead atoms. The molecule has 0 unspecified atom stereocenters. The molecule has 1 saturated heterocycles. The zero-order chi connectivity index (χ0) is 30.8. The Bertz CT molecular complexity index is 1710. The summed E-state index contributed by atoms with van der Waals surface area (Å²) in [5.41, 5.74) is 1.49. The number of sulfonamides is 1. The van der Waals surface area contributed by atoms with Gasteiger partial charge in [0.05, 0.1) is 17.3 Å². The van der Waals surface area contributed by atoms with E-state index < -0.39 is 34.1 Å². The topological polar surface area (TPSA) is 147 Å². The van der Waals surface area contributed by atoms with Gasteiger partial charge in [0.1, 0.15) is 35.3 Å². The summed E-state index contributed by atoms with van der Waals surface area (Å²) in [5, 5.41) is 2.78. The number of fused-ring (bicyclic) bond motifs is 1. The van der Waals surface area contributed by atoms with Gasteiger partial charge in [0.25, 0.3) is 0 Å². The lowest BCUT2D eigenvalue weighted by molar-refractivity contribution is -0.274. The largest absolute Gasteiger partial charge is 0.573 e. The number of piperazine rings is 1. The van der Waals surface area contributed by atoms with E-state index in [0.717, 1.165) is 34.4 Å². The Morgan fingerprint density at radius 2 is 1.81 bits per heavy atom. The number of ether oxygens (including phenoxy) is 1. The summed E-state index contributed by atoms with van der Waals surface area (Å²) in [6.07, 6.45) is 0.994. The standard InChI is InChI=1S/C26H26F3N9O4S/c1-36(2)22-8-3-17(11-32-22)12-33-25(39)21-15-37(23-14-31-20-13-30-16-34-24(20)35-23)9-10-38(21)43(40,41)19-6-4-18(5-7-19)42-26(27,28)29/h3-8,11,13-14,16,21H,9-10,12,15H2,1-2H3,(H,33,39)/t21-/m1/s1. The van der Waals surface area contributed by atoms with Gasteiger partial charge in [-0.15, -0.1) is 13.2 Å². The highest BCUT2D eigenvalue weighted by Gasteiger charge is 2.41. The third-order valence-electron chi connectivity index (χ3n) is 6.57. The second-order valence-corrected chi connectivity index (χ2v) is 11.6. The summed E-state index contributed by atoms with van der Waals surface area (Å²) in [4.78, 5) is 38.0. The lowest BCUT2D eigenvalue weighted by Crippen LogP contribution is -2.60. The van der Waals surface area contributed by atoms with Crippen molar-refractivity contribution in [3.63, 3.8) is 0 Å². The Morgan fingerprint density at radius 3 is 2.49 bits per heavy atom. The molecule has 13 nitrogen and oxygen atoms in total. The first-order valence-corrected chi connectivity index (χ1v) is 14.3. The molecule has 0 spiro atoms. The van der Waals surface area contributed by atoms with E-state index in [4.69, 9.17) is 0 Å². The second-order valence-electron chi connectivity index (χ2n) is 9.69. The van der Waals surface area contributed by atoms with Crippen molar-refractivity contribution in [2.24, 2.45) is 0 Å². The summed E-state index contributed by atoms with van der Waals surface area (Å²) in [5.74, 6) is -0.0435. The maximum Gasteiger partial charge on any atom is 0.573 e. The zero-order valence-corrected chi connectivity index (χ0v) is 23.7. The number of carbonyl (C=O) groups is 1. The third kappa shape index (κ3) is 6.89. The van der Waals surface area contributed by atoms with Crippen LogP contribution in [0.1, 0.15) is 5.56 Å². The molecule has 5 rings (SSSR count). The predicted molar refractivity (Wildman–Crippen MR) is 149 cm³/mol. The molecule has 4 heterocycles. The summed E-state index contributed by atoms with van der Waals surface area (Å²) in [7, 11) is -0.631. The molecule has 0 radical (unpaired) electrons. The van der Waals surface area contributed by atoms with Crippen molar-refractivity contribution in [3.8, 4) is 5.75 Å². The molecule has 0 saturated carbocycles. The van der Waals surface area contributed by atoms with Crippen LogP contribution in [0.5, 0.6) is 5.75 Å². The van der Waals surface area contributed by atoms with Gasteiger partial charge in [0, 0.05) is 46.5 Å². The molecular weight excluding hydrogens is 591 g/mol. The fraction of sp³-hybridized carbons (Fsp3) is 0.308. The minimum Gasteiger partial charge on any atom is -0.406 e. The van der Waals surface area contributed by atoms with Gasteiger partial charge >= 0.3 is 6.36 Å². The minimum absolute atomic E-state index is 0.0799. The smallest absolute Gasteiger partial charge is 0.406 e. The number of anilines is 2. The van der Waals surface area contributed by atoms with Crippen molar-refractivity contribution in [2.45, 2.75) is 23.8 Å². The van der Waals surface area contributed by atoms with Gasteiger partial charge < -0.3 is 19.9 Å². The van der Waals surface area contributed by atoms with Crippen LogP contribution in [0.25, 0.3) is 11.2 Å². The van der Waals surface area contributed by atoms with E-state index in [9.17, 15) is 26.4 Å². The van der Waals surface area contributed by atoms with Gasteiger partial charge in [-0.05, 0) is 35.9 Å². The van der Waals surface area contributed by atoms with Crippen LogP contribution >= 0.6 is 0 Å². The van der Waals surface area contributed by atoms with Gasteiger partial charge in [-0.2, -0.15) is 4.31 Å². The summed E-state index contributed by atoms with van der Waals surface area (Å²) < 4.78 is 70.1. The molecule has 1 aliphatic rings. The number of pyridine rings is 1. The molecule has 43 heavy (non-hydrogen) atoms. The maximum atomic E-state index is 13.7. The van der Waals surface area contributed by atoms with Crippen molar-refractivity contribution in [2.75, 3.05) is 43.5 Å². The van der Waals surface area contributed by atoms with Gasteiger partial charge in [0.2, 0.25) is 15.9 Å². The van der Waals surface area contributed by atoms with E-state index >= 15 is 0 Å². The highest BCUT2D eigenvalue weighted by molar-refractivity contribution is 7.89. The van der Waals surface area contributed by atoms with E-state index in [-0.39, 0.29) is 31.1 Å². The van der Waals surface area contributed by atoms with Crippen molar-refractivity contribution in [3.05, 3.63) is 66.9 Å². The Hall–Kier alpha value is -4.64. The van der Waals surface area contributed by atoms with E-state index in [1.165, 1.54) is 18.7 Å². The first-order chi connectivity index (χ1) is 20.4. The SMILES string of the molecule is CN(C)c1ccc(CNC(=O)[C@H]2CN(c3cnc4cncnc4n3)CCN2S(=O)(=O)c2ccc(OC(F)(F)F)cc2)cn1. The van der Waals surface area contributed by atoms with E-state index in [0.29, 0.717) is 22.5 Å². The number of rotatable bonds is 8. The molecule has 1 amide bonds. The van der Waals surface area contributed by atoms with Gasteiger partial charge in [-0.1, -0.05) is 6.07 Å². The molecule has 1 atom stereocenters. The summed E-state index contributed by atoms with van der Waals surface area (Å²) in [6.45, 7) is 0.0345.